The predicted molar refractivity (Wildman–Crippen MR) is 202 cm³/mol. The monoisotopic (exact) mass is 749 g/mol. The first kappa shape index (κ1) is 37.9. The van der Waals surface area contributed by atoms with Crippen LogP contribution in [0.1, 0.15) is 65.4 Å². The number of amides is 1. The number of aromatic nitrogens is 2. The fourth-order valence-electron chi connectivity index (χ4n) is 8.56. The number of hydrogen-bond acceptors (Lipinski definition) is 9. The molecule has 9 rings (SSSR count). The Hall–Kier alpha value is -4.36. The van der Waals surface area contributed by atoms with Crippen molar-refractivity contribution < 1.29 is 36.9 Å². The van der Waals surface area contributed by atoms with E-state index in [0.717, 1.165) is 42.1 Å². The minimum Gasteiger partial charge on any atom is -0.468 e. The van der Waals surface area contributed by atoms with Gasteiger partial charge in [-0.05, 0) is 106 Å². The molecule has 4 atom stereocenters. The molecule has 0 N–H and O–H groups in total. The van der Waals surface area contributed by atoms with Gasteiger partial charge in [0.2, 0.25) is 0 Å². The molecule has 13 heteroatoms. The van der Waals surface area contributed by atoms with E-state index in [9.17, 15) is 9.18 Å². The number of fused-ring (bicyclic) bond motifs is 6. The van der Waals surface area contributed by atoms with Gasteiger partial charge in [-0.1, -0.05) is 25.1 Å². The van der Waals surface area contributed by atoms with Crippen LogP contribution in [-0.2, 0) is 15.9 Å². The number of methoxy groups -OCH3 is 2. The zero-order valence-electron chi connectivity index (χ0n) is 32.0. The summed E-state index contributed by atoms with van der Waals surface area (Å²) < 4.78 is 67.7. The molecular formula is C41H50F3N5O5. The van der Waals surface area contributed by atoms with Crippen molar-refractivity contribution in [2.24, 2.45) is 0 Å². The van der Waals surface area contributed by atoms with Crippen LogP contribution in [0.25, 0.3) is 32.8 Å². The molecule has 4 aromatic rings. The maximum absolute atomic E-state index is 16.8. The second-order valence-electron chi connectivity index (χ2n) is 15.7. The van der Waals surface area contributed by atoms with Crippen molar-refractivity contribution in [1.29, 1.82) is 0 Å². The molecule has 5 saturated heterocycles. The van der Waals surface area contributed by atoms with Gasteiger partial charge >= 0.3 is 12.1 Å². The smallest absolute Gasteiger partial charge is 0.410 e. The van der Waals surface area contributed by atoms with Crippen molar-refractivity contribution >= 4 is 33.6 Å². The summed E-state index contributed by atoms with van der Waals surface area (Å²) >= 11 is 0. The SMILES string of the molecule is CCc1cccc2cc(OCOC)cc(-c3c(F)cc4c(N5CC6CCC5CN6C(=O)OC(C)(C)C)nc(OC)nc4c3F)c12.FC1CC2CCCN2C1. The lowest BCUT2D eigenvalue weighted by Crippen LogP contribution is -2.64. The lowest BCUT2D eigenvalue weighted by atomic mass is 9.90. The van der Waals surface area contributed by atoms with E-state index in [1.165, 1.54) is 33.1 Å². The number of aryl methyl sites for hydroxylation is 1. The molecule has 4 unspecified atom stereocenters. The highest BCUT2D eigenvalue weighted by Crippen LogP contribution is 2.43. The van der Waals surface area contributed by atoms with Crippen molar-refractivity contribution in [3.05, 3.63) is 53.6 Å². The molecule has 0 saturated carbocycles. The van der Waals surface area contributed by atoms with Crippen molar-refractivity contribution in [3.8, 4) is 22.9 Å². The highest BCUT2D eigenvalue weighted by Gasteiger charge is 2.44. The zero-order chi connectivity index (χ0) is 38.3. The van der Waals surface area contributed by atoms with Gasteiger partial charge in [-0.3, -0.25) is 4.90 Å². The fraction of sp³-hybridized carbons (Fsp3) is 0.537. The number of rotatable bonds is 7. The maximum atomic E-state index is 16.8. The standard InChI is InChI=1S/C34H38F2N4O5.C7H12FN/c1-7-19-9-8-10-20-13-23(44-18-42-5)14-24(27(19)20)28-26(35)15-25-30(29(28)36)37-32(43-6)38-31(25)39-16-22-12-11-21(39)17-40(22)33(41)45-34(2,3)4;8-6-4-7-2-1-3-9(7)5-6/h8-10,13-15,21-22H,7,11-12,16-18H2,1-6H3;6-7H,1-5H2. The molecule has 2 bridgehead atoms. The molecule has 1 amide bonds. The normalized spacial score (nSPS) is 22.4. The van der Waals surface area contributed by atoms with Crippen molar-refractivity contribution in [3.63, 3.8) is 0 Å². The fourth-order valence-corrected chi connectivity index (χ4v) is 8.56. The number of hydrogen-bond donors (Lipinski definition) is 0. The molecule has 6 heterocycles. The average Bonchev–Trinajstić information content (AvgIpc) is 3.74. The van der Waals surface area contributed by atoms with E-state index in [1.54, 1.807) is 11.0 Å². The Labute approximate surface area is 314 Å². The van der Waals surface area contributed by atoms with Crippen LogP contribution in [-0.4, -0.2) is 103 Å². The summed E-state index contributed by atoms with van der Waals surface area (Å²) in [6.07, 6.45) is 4.70. The van der Waals surface area contributed by atoms with Crippen molar-refractivity contribution in [1.82, 2.24) is 19.8 Å². The molecule has 3 aromatic carbocycles. The molecule has 0 aliphatic carbocycles. The quantitative estimate of drug-likeness (QED) is 0.174. The number of halogens is 3. The zero-order valence-corrected chi connectivity index (χ0v) is 32.0. The Kier molecular flexibility index (Phi) is 10.8. The van der Waals surface area contributed by atoms with Crippen LogP contribution >= 0.6 is 0 Å². The van der Waals surface area contributed by atoms with E-state index >= 15 is 8.78 Å². The number of ether oxygens (including phenoxy) is 4. The third-order valence-electron chi connectivity index (χ3n) is 10.9. The molecule has 290 valence electrons. The molecule has 5 aliphatic rings. The Balaban J connectivity index is 0.000000433. The molecular weight excluding hydrogens is 699 g/mol. The van der Waals surface area contributed by atoms with Crippen LogP contribution in [0.5, 0.6) is 11.8 Å². The molecule has 5 fully saturated rings. The lowest BCUT2D eigenvalue weighted by Gasteiger charge is -2.51. The first-order valence-corrected chi connectivity index (χ1v) is 18.9. The van der Waals surface area contributed by atoms with Gasteiger partial charge in [0, 0.05) is 44.2 Å². The van der Waals surface area contributed by atoms with Gasteiger partial charge in [-0.15, -0.1) is 0 Å². The number of alkyl halides is 1. The number of nitrogens with zero attached hydrogens (tertiary/aromatic N) is 5. The largest absolute Gasteiger partial charge is 0.468 e. The summed E-state index contributed by atoms with van der Waals surface area (Å²) in [5.41, 5.74) is 0.426. The number of anilines is 1. The number of carbonyl (C=O) groups is 1. The van der Waals surface area contributed by atoms with Gasteiger partial charge in [0.1, 0.15) is 34.7 Å². The van der Waals surface area contributed by atoms with Crippen LogP contribution in [0.3, 0.4) is 0 Å². The summed E-state index contributed by atoms with van der Waals surface area (Å²) in [7, 11) is 2.92. The summed E-state index contributed by atoms with van der Waals surface area (Å²) in [5.74, 6) is -0.772. The Morgan fingerprint density at radius 3 is 2.46 bits per heavy atom. The Bertz CT molecular complexity index is 2010. The first-order valence-electron chi connectivity index (χ1n) is 18.9. The number of benzene rings is 3. The number of piperidine rings is 2. The van der Waals surface area contributed by atoms with Gasteiger partial charge in [0.05, 0.1) is 18.7 Å². The summed E-state index contributed by atoms with van der Waals surface area (Å²) in [5, 5.41) is 1.76. The predicted octanol–water partition coefficient (Wildman–Crippen LogP) is 8.06. The van der Waals surface area contributed by atoms with E-state index in [0.29, 0.717) is 49.2 Å². The van der Waals surface area contributed by atoms with E-state index in [1.807, 2.05) is 56.9 Å². The van der Waals surface area contributed by atoms with Crippen molar-refractivity contribution in [2.75, 3.05) is 52.1 Å². The number of carbonyl (C=O) groups excluding carboxylic acids is 1. The lowest BCUT2D eigenvalue weighted by molar-refractivity contribution is 0.000797. The van der Waals surface area contributed by atoms with Gasteiger partial charge in [0.25, 0.3) is 0 Å². The third kappa shape index (κ3) is 7.49. The molecule has 54 heavy (non-hydrogen) atoms. The molecule has 0 spiro atoms. The van der Waals surface area contributed by atoms with E-state index in [4.69, 9.17) is 18.9 Å². The summed E-state index contributed by atoms with van der Waals surface area (Å²) in [6.45, 7) is 10.2. The van der Waals surface area contributed by atoms with Gasteiger partial charge in [-0.25, -0.2) is 18.0 Å². The first-order chi connectivity index (χ1) is 25.9. The topological polar surface area (TPSA) is 89.5 Å². The second-order valence-corrected chi connectivity index (χ2v) is 15.7. The van der Waals surface area contributed by atoms with Crippen molar-refractivity contribution in [2.45, 2.75) is 96.1 Å². The minimum absolute atomic E-state index is 0.0156. The van der Waals surface area contributed by atoms with Gasteiger partial charge in [0.15, 0.2) is 12.6 Å². The van der Waals surface area contributed by atoms with Crippen LogP contribution in [0.4, 0.5) is 23.8 Å². The van der Waals surface area contributed by atoms with E-state index in [2.05, 4.69) is 14.9 Å². The van der Waals surface area contributed by atoms with Crippen LogP contribution in [0.2, 0.25) is 0 Å². The minimum atomic E-state index is -0.819. The molecule has 10 nitrogen and oxygen atoms in total. The highest BCUT2D eigenvalue weighted by atomic mass is 19.1. The molecule has 5 aliphatic heterocycles. The summed E-state index contributed by atoms with van der Waals surface area (Å²) in [6, 6.07) is 10.9. The van der Waals surface area contributed by atoms with Gasteiger partial charge in [-0.2, -0.15) is 9.97 Å². The number of piperazine rings is 1. The average molecular weight is 750 g/mol. The molecule has 1 aromatic heterocycles. The highest BCUT2D eigenvalue weighted by molar-refractivity contribution is 6.03. The molecule has 0 radical (unpaired) electrons. The Morgan fingerprint density at radius 2 is 1.78 bits per heavy atom. The van der Waals surface area contributed by atoms with E-state index < -0.39 is 23.4 Å². The van der Waals surface area contributed by atoms with Crippen LogP contribution in [0, 0.1) is 11.6 Å². The van der Waals surface area contributed by atoms with Gasteiger partial charge < -0.3 is 28.7 Å². The van der Waals surface area contributed by atoms with Crippen LogP contribution < -0.4 is 14.4 Å². The van der Waals surface area contributed by atoms with Crippen LogP contribution in [0.15, 0.2) is 36.4 Å². The third-order valence-corrected chi connectivity index (χ3v) is 10.9. The second kappa shape index (κ2) is 15.4. The van der Waals surface area contributed by atoms with E-state index in [-0.39, 0.29) is 47.4 Å². The summed E-state index contributed by atoms with van der Waals surface area (Å²) in [4.78, 5) is 28.0. The Morgan fingerprint density at radius 1 is 0.981 bits per heavy atom. The maximum Gasteiger partial charge on any atom is 0.410 e.